The Kier molecular flexibility index (Phi) is 12.8. The van der Waals surface area contributed by atoms with Crippen LogP contribution in [0, 0.1) is 5.41 Å². The van der Waals surface area contributed by atoms with Crippen molar-refractivity contribution < 1.29 is 0 Å². The summed E-state index contributed by atoms with van der Waals surface area (Å²) in [5, 5.41) is 3.42. The highest BCUT2D eigenvalue weighted by Crippen LogP contribution is 2.19. The normalized spacial score (nSPS) is 11.7. The van der Waals surface area contributed by atoms with E-state index in [1.54, 1.807) is 0 Å². The van der Waals surface area contributed by atoms with Crippen LogP contribution in [0.3, 0.4) is 0 Å². The number of hydrogen-bond donors (Lipinski definition) is 1. The molecule has 0 radical (unpaired) electrons. The molecule has 0 rings (SSSR count). The summed E-state index contributed by atoms with van der Waals surface area (Å²) in [6.07, 6.45) is 6.57. The molecule has 114 valence electrons. The number of allylic oxidation sites excluding steroid dienone is 1. The Morgan fingerprint density at radius 2 is 1.95 bits per heavy atom. The summed E-state index contributed by atoms with van der Waals surface area (Å²) in [5.74, 6) is 0.993. The Balaban J connectivity index is 0. The third kappa shape index (κ3) is 12.5. The van der Waals surface area contributed by atoms with Gasteiger partial charge < -0.3 is 10.2 Å². The molecule has 1 N–H and O–H groups in total. The van der Waals surface area contributed by atoms with E-state index in [-0.39, 0.29) is 24.0 Å². The fraction of sp³-hybridized carbons (Fsp3) is 0.800. The third-order valence-electron chi connectivity index (χ3n) is 2.86. The van der Waals surface area contributed by atoms with Gasteiger partial charge in [-0.15, -0.1) is 30.6 Å². The first-order chi connectivity index (χ1) is 8.40. The largest absolute Gasteiger partial charge is 0.356 e. The quantitative estimate of drug-likeness (QED) is 0.238. The molecule has 4 heteroatoms. The van der Waals surface area contributed by atoms with Crippen molar-refractivity contribution in [3.8, 4) is 0 Å². The minimum atomic E-state index is 0. The first-order valence-corrected chi connectivity index (χ1v) is 6.93. The van der Waals surface area contributed by atoms with Gasteiger partial charge >= 0.3 is 0 Å². The smallest absolute Gasteiger partial charge is 0.193 e. The lowest BCUT2D eigenvalue weighted by Crippen LogP contribution is -2.39. The predicted molar refractivity (Wildman–Crippen MR) is 97.5 cm³/mol. The molecule has 19 heavy (non-hydrogen) atoms. The number of halogens is 1. The van der Waals surface area contributed by atoms with Crippen LogP contribution in [-0.2, 0) is 0 Å². The molecule has 3 nitrogen and oxygen atoms in total. The molecule has 0 spiro atoms. The van der Waals surface area contributed by atoms with Crippen molar-refractivity contribution >= 4 is 29.9 Å². The summed E-state index contributed by atoms with van der Waals surface area (Å²) in [6, 6.07) is 0. The summed E-state index contributed by atoms with van der Waals surface area (Å²) >= 11 is 0. The van der Waals surface area contributed by atoms with Crippen molar-refractivity contribution in [1.29, 1.82) is 0 Å². The molecule has 0 fully saturated rings. The van der Waals surface area contributed by atoms with Crippen molar-refractivity contribution in [1.82, 2.24) is 10.2 Å². The molecule has 0 aromatic carbocycles. The minimum Gasteiger partial charge on any atom is -0.356 e. The average molecular weight is 381 g/mol. The fourth-order valence-corrected chi connectivity index (χ4v) is 1.78. The van der Waals surface area contributed by atoms with Gasteiger partial charge in [-0.25, -0.2) is 0 Å². The molecular formula is C15H32IN3. The number of hydrogen-bond acceptors (Lipinski definition) is 1. The van der Waals surface area contributed by atoms with Crippen LogP contribution < -0.4 is 5.32 Å². The highest BCUT2D eigenvalue weighted by atomic mass is 127. The lowest BCUT2D eigenvalue weighted by molar-refractivity contribution is 0.363. The Morgan fingerprint density at radius 3 is 2.42 bits per heavy atom. The third-order valence-corrected chi connectivity index (χ3v) is 2.86. The van der Waals surface area contributed by atoms with Crippen molar-refractivity contribution in [3.05, 3.63) is 12.7 Å². The van der Waals surface area contributed by atoms with Gasteiger partial charge in [-0.1, -0.05) is 26.8 Å². The second-order valence-corrected chi connectivity index (χ2v) is 5.99. The zero-order valence-corrected chi connectivity index (χ0v) is 15.7. The number of nitrogens with zero attached hydrogens (tertiary/aromatic N) is 2. The van der Waals surface area contributed by atoms with Gasteiger partial charge in [0.15, 0.2) is 5.96 Å². The van der Waals surface area contributed by atoms with Crippen LogP contribution in [0.15, 0.2) is 17.6 Å². The highest BCUT2D eigenvalue weighted by Gasteiger charge is 2.10. The van der Waals surface area contributed by atoms with Crippen molar-refractivity contribution in [2.24, 2.45) is 10.4 Å². The number of rotatable bonds is 7. The molecule has 0 aliphatic rings. The Morgan fingerprint density at radius 1 is 1.32 bits per heavy atom. The zero-order valence-electron chi connectivity index (χ0n) is 13.3. The molecule has 0 aromatic rings. The summed E-state index contributed by atoms with van der Waals surface area (Å²) in [7, 11) is 3.93. The lowest BCUT2D eigenvalue weighted by Gasteiger charge is -2.23. The topological polar surface area (TPSA) is 27.6 Å². The molecule has 0 amide bonds. The second-order valence-electron chi connectivity index (χ2n) is 5.99. The van der Waals surface area contributed by atoms with E-state index in [2.05, 4.69) is 49.6 Å². The van der Waals surface area contributed by atoms with E-state index in [9.17, 15) is 0 Å². The van der Waals surface area contributed by atoms with Gasteiger partial charge in [0.25, 0.3) is 0 Å². The molecule has 0 aliphatic carbocycles. The zero-order chi connectivity index (χ0) is 14.0. The average Bonchev–Trinajstić information content (AvgIpc) is 2.28. The summed E-state index contributed by atoms with van der Waals surface area (Å²) in [4.78, 5) is 6.49. The van der Waals surface area contributed by atoms with Crippen LogP contribution in [0.4, 0.5) is 0 Å². The van der Waals surface area contributed by atoms with E-state index in [4.69, 9.17) is 0 Å². The van der Waals surface area contributed by atoms with Gasteiger partial charge in [0.2, 0.25) is 0 Å². The van der Waals surface area contributed by atoms with Crippen molar-refractivity contribution in [2.75, 3.05) is 27.2 Å². The Hall–Kier alpha value is -0.260. The molecular weight excluding hydrogens is 349 g/mol. The molecule has 0 atom stereocenters. The van der Waals surface area contributed by atoms with Crippen molar-refractivity contribution in [3.63, 3.8) is 0 Å². The van der Waals surface area contributed by atoms with Gasteiger partial charge in [0.1, 0.15) is 0 Å². The molecule has 0 unspecified atom stereocenters. The maximum Gasteiger partial charge on any atom is 0.193 e. The molecule has 0 saturated carbocycles. The number of nitrogens with one attached hydrogen (secondary N) is 1. The SMILES string of the molecule is C=CCCCN(C)C(=NC)NCCCC(C)(C)C.I. The lowest BCUT2D eigenvalue weighted by atomic mass is 9.91. The monoisotopic (exact) mass is 381 g/mol. The fourth-order valence-electron chi connectivity index (χ4n) is 1.78. The number of unbranched alkanes of at least 4 members (excludes halogenated alkanes) is 1. The summed E-state index contributed by atoms with van der Waals surface area (Å²) < 4.78 is 0. The first-order valence-electron chi connectivity index (χ1n) is 6.93. The van der Waals surface area contributed by atoms with E-state index in [1.807, 2.05) is 13.1 Å². The standard InChI is InChI=1S/C15H31N3.HI/c1-7-8-9-13-18(6)14(16-5)17-12-10-11-15(2,3)4;/h7H,1,8-13H2,2-6H3,(H,16,17);1H. The first kappa shape index (κ1) is 21.0. The van der Waals surface area contributed by atoms with E-state index in [1.165, 1.54) is 12.8 Å². The molecule has 0 aromatic heterocycles. The van der Waals surface area contributed by atoms with Gasteiger partial charge in [0.05, 0.1) is 0 Å². The summed E-state index contributed by atoms with van der Waals surface area (Å²) in [6.45, 7) is 12.6. The minimum absolute atomic E-state index is 0. The van der Waals surface area contributed by atoms with Gasteiger partial charge in [0, 0.05) is 27.2 Å². The van der Waals surface area contributed by atoms with Crippen LogP contribution in [0.1, 0.15) is 46.5 Å². The van der Waals surface area contributed by atoms with Crippen LogP contribution in [0.5, 0.6) is 0 Å². The molecule has 0 saturated heterocycles. The van der Waals surface area contributed by atoms with E-state index < -0.39 is 0 Å². The second kappa shape index (κ2) is 11.6. The van der Waals surface area contributed by atoms with Crippen LogP contribution >= 0.6 is 24.0 Å². The maximum absolute atomic E-state index is 4.31. The van der Waals surface area contributed by atoms with Crippen LogP contribution in [-0.4, -0.2) is 38.0 Å². The predicted octanol–water partition coefficient (Wildman–Crippen LogP) is 3.90. The number of aliphatic imine (C=N–C) groups is 1. The van der Waals surface area contributed by atoms with Crippen LogP contribution in [0.2, 0.25) is 0 Å². The summed E-state index contributed by atoms with van der Waals surface area (Å²) in [5.41, 5.74) is 0.418. The Bertz CT molecular complexity index is 257. The van der Waals surface area contributed by atoms with Gasteiger partial charge in [-0.2, -0.15) is 0 Å². The molecule has 0 bridgehead atoms. The highest BCUT2D eigenvalue weighted by molar-refractivity contribution is 14.0. The van der Waals surface area contributed by atoms with Crippen molar-refractivity contribution in [2.45, 2.75) is 46.5 Å². The molecule has 0 heterocycles. The van der Waals surface area contributed by atoms with E-state index in [0.29, 0.717) is 5.41 Å². The number of guanidine groups is 1. The Labute approximate surface area is 137 Å². The van der Waals surface area contributed by atoms with E-state index in [0.717, 1.165) is 31.9 Å². The maximum atomic E-state index is 4.31. The van der Waals surface area contributed by atoms with Gasteiger partial charge in [-0.3, -0.25) is 4.99 Å². The van der Waals surface area contributed by atoms with Crippen LogP contribution in [0.25, 0.3) is 0 Å². The van der Waals surface area contributed by atoms with E-state index >= 15 is 0 Å². The molecule has 0 aliphatic heterocycles. The van der Waals surface area contributed by atoms with Gasteiger partial charge in [-0.05, 0) is 31.1 Å².